The SMILES string of the molecule is CC[C@H](C)c1ccc(OCCn2cc(/C=C3\SC(=S)N(Cc4ccccc4)C3=O)c3ccccc32)cc1. The van der Waals surface area contributed by atoms with Crippen LogP contribution in [-0.4, -0.2) is 26.3 Å². The number of thiocarbonyl (C=S) groups is 1. The second kappa shape index (κ2) is 11.4. The predicted octanol–water partition coefficient (Wildman–Crippen LogP) is 7.64. The van der Waals surface area contributed by atoms with Crippen molar-refractivity contribution >= 4 is 51.2 Å². The number of hydrogen-bond acceptors (Lipinski definition) is 4. The molecule has 0 bridgehead atoms. The van der Waals surface area contributed by atoms with Crippen LogP contribution in [-0.2, 0) is 17.9 Å². The van der Waals surface area contributed by atoms with E-state index in [-0.39, 0.29) is 5.91 Å². The Morgan fingerprint density at radius 1 is 1.00 bits per heavy atom. The van der Waals surface area contributed by atoms with Crippen molar-refractivity contribution in [1.29, 1.82) is 0 Å². The van der Waals surface area contributed by atoms with E-state index < -0.39 is 0 Å². The number of benzene rings is 3. The molecule has 6 heteroatoms. The molecule has 1 amide bonds. The molecule has 4 nitrogen and oxygen atoms in total. The number of rotatable bonds is 9. The fourth-order valence-corrected chi connectivity index (χ4v) is 5.75. The lowest BCUT2D eigenvalue weighted by Gasteiger charge is -2.14. The van der Waals surface area contributed by atoms with Crippen molar-refractivity contribution in [2.45, 2.75) is 39.3 Å². The molecule has 1 aromatic heterocycles. The topological polar surface area (TPSA) is 34.5 Å². The first-order chi connectivity index (χ1) is 18.0. The lowest BCUT2D eigenvalue weighted by atomic mass is 9.99. The normalized spacial score (nSPS) is 15.6. The van der Waals surface area contributed by atoms with E-state index in [1.807, 2.05) is 48.5 Å². The number of ether oxygens (including phenoxy) is 1. The Morgan fingerprint density at radius 3 is 2.49 bits per heavy atom. The first-order valence-electron chi connectivity index (χ1n) is 12.6. The van der Waals surface area contributed by atoms with Crippen molar-refractivity contribution in [3.05, 3.63) is 107 Å². The van der Waals surface area contributed by atoms with Crippen LogP contribution in [0.15, 0.2) is 90.0 Å². The largest absolute Gasteiger partial charge is 0.492 e. The Balaban J connectivity index is 1.31. The molecule has 1 aliphatic rings. The number of carbonyl (C=O) groups is 1. The Morgan fingerprint density at radius 2 is 1.73 bits per heavy atom. The third kappa shape index (κ3) is 5.65. The van der Waals surface area contributed by atoms with Gasteiger partial charge in [-0.2, -0.15) is 0 Å². The zero-order chi connectivity index (χ0) is 25.8. The number of aromatic nitrogens is 1. The molecule has 1 fully saturated rings. The van der Waals surface area contributed by atoms with E-state index in [0.29, 0.717) is 34.8 Å². The minimum Gasteiger partial charge on any atom is -0.492 e. The van der Waals surface area contributed by atoms with Gasteiger partial charge in [0.05, 0.1) is 18.0 Å². The number of amides is 1. The number of thioether (sulfide) groups is 1. The molecule has 3 aromatic carbocycles. The van der Waals surface area contributed by atoms with Crippen LogP contribution in [0.3, 0.4) is 0 Å². The van der Waals surface area contributed by atoms with Gasteiger partial charge in [-0.1, -0.05) is 98.5 Å². The van der Waals surface area contributed by atoms with E-state index in [1.165, 1.54) is 17.3 Å². The molecule has 37 heavy (non-hydrogen) atoms. The molecule has 1 aliphatic heterocycles. The molecule has 0 aliphatic carbocycles. The number of carbonyl (C=O) groups excluding carboxylic acids is 1. The lowest BCUT2D eigenvalue weighted by Crippen LogP contribution is -2.27. The van der Waals surface area contributed by atoms with Crippen LogP contribution in [0, 0.1) is 0 Å². The molecule has 188 valence electrons. The molecule has 1 atom stereocenters. The minimum atomic E-state index is -0.0418. The molecule has 0 N–H and O–H groups in total. The number of nitrogens with zero attached hydrogens (tertiary/aromatic N) is 2. The third-order valence-electron chi connectivity index (χ3n) is 6.83. The van der Waals surface area contributed by atoms with E-state index in [0.717, 1.165) is 34.2 Å². The van der Waals surface area contributed by atoms with Crippen molar-refractivity contribution < 1.29 is 9.53 Å². The van der Waals surface area contributed by atoms with Gasteiger partial charge in [-0.3, -0.25) is 9.69 Å². The summed E-state index contributed by atoms with van der Waals surface area (Å²) in [5.74, 6) is 1.39. The minimum absolute atomic E-state index is 0.0418. The van der Waals surface area contributed by atoms with Crippen molar-refractivity contribution in [2.75, 3.05) is 6.61 Å². The predicted molar refractivity (Wildman–Crippen MR) is 158 cm³/mol. The van der Waals surface area contributed by atoms with Gasteiger partial charge in [-0.05, 0) is 47.7 Å². The maximum absolute atomic E-state index is 13.2. The van der Waals surface area contributed by atoms with Crippen molar-refractivity contribution in [1.82, 2.24) is 9.47 Å². The quantitative estimate of drug-likeness (QED) is 0.166. The van der Waals surface area contributed by atoms with E-state index in [2.05, 4.69) is 61.0 Å². The van der Waals surface area contributed by atoms with Gasteiger partial charge in [-0.15, -0.1) is 0 Å². The molecule has 0 radical (unpaired) electrons. The summed E-state index contributed by atoms with van der Waals surface area (Å²) < 4.78 is 8.84. The standard InChI is InChI=1S/C31H30N2O2S2/c1-3-22(2)24-13-15-26(16-14-24)35-18-17-32-21-25(27-11-7-8-12-28(27)32)19-29-30(34)33(31(36)37-29)20-23-9-5-4-6-10-23/h4-16,19,21-22H,3,17-18,20H2,1-2H3/b29-19-/t22-/m0/s1. The van der Waals surface area contributed by atoms with Crippen LogP contribution in [0.2, 0.25) is 0 Å². The summed E-state index contributed by atoms with van der Waals surface area (Å²) in [4.78, 5) is 15.5. The highest BCUT2D eigenvalue weighted by molar-refractivity contribution is 8.26. The Bertz CT molecular complexity index is 1440. The van der Waals surface area contributed by atoms with Crippen LogP contribution >= 0.6 is 24.0 Å². The van der Waals surface area contributed by atoms with Gasteiger partial charge in [0.1, 0.15) is 16.7 Å². The summed E-state index contributed by atoms with van der Waals surface area (Å²) >= 11 is 6.92. The van der Waals surface area contributed by atoms with Crippen molar-refractivity contribution in [3.8, 4) is 5.75 Å². The summed E-state index contributed by atoms with van der Waals surface area (Å²) in [5.41, 5.74) is 4.52. The van der Waals surface area contributed by atoms with Gasteiger partial charge in [0.25, 0.3) is 5.91 Å². The molecular weight excluding hydrogens is 496 g/mol. The van der Waals surface area contributed by atoms with Crippen LogP contribution < -0.4 is 4.74 Å². The van der Waals surface area contributed by atoms with Gasteiger partial charge in [0.2, 0.25) is 0 Å². The van der Waals surface area contributed by atoms with E-state index >= 15 is 0 Å². The summed E-state index contributed by atoms with van der Waals surface area (Å²) in [6, 6.07) is 26.6. The van der Waals surface area contributed by atoms with Gasteiger partial charge in [-0.25, -0.2) is 0 Å². The molecule has 2 heterocycles. The van der Waals surface area contributed by atoms with Gasteiger partial charge in [0.15, 0.2) is 0 Å². The van der Waals surface area contributed by atoms with Gasteiger partial charge >= 0.3 is 0 Å². The van der Waals surface area contributed by atoms with Crippen LogP contribution in [0.25, 0.3) is 17.0 Å². The highest BCUT2D eigenvalue weighted by atomic mass is 32.2. The van der Waals surface area contributed by atoms with Crippen molar-refractivity contribution in [2.24, 2.45) is 0 Å². The smallest absolute Gasteiger partial charge is 0.266 e. The third-order valence-corrected chi connectivity index (χ3v) is 8.20. The van der Waals surface area contributed by atoms with E-state index in [4.69, 9.17) is 17.0 Å². The first kappa shape index (κ1) is 25.3. The second-order valence-corrected chi connectivity index (χ2v) is 11.0. The molecule has 1 saturated heterocycles. The molecule has 5 rings (SSSR count). The second-order valence-electron chi connectivity index (χ2n) is 9.28. The Labute approximate surface area is 227 Å². The van der Waals surface area contributed by atoms with Crippen LogP contribution in [0.1, 0.15) is 42.9 Å². The van der Waals surface area contributed by atoms with Crippen molar-refractivity contribution in [3.63, 3.8) is 0 Å². The van der Waals surface area contributed by atoms with E-state index in [1.54, 1.807) is 4.90 Å². The number of fused-ring (bicyclic) bond motifs is 1. The number of hydrogen-bond donors (Lipinski definition) is 0. The van der Waals surface area contributed by atoms with Gasteiger partial charge < -0.3 is 9.30 Å². The Hall–Kier alpha value is -3.35. The Kier molecular flexibility index (Phi) is 7.77. The van der Waals surface area contributed by atoms with Gasteiger partial charge in [0, 0.05) is 22.7 Å². The first-order valence-corrected chi connectivity index (χ1v) is 13.9. The lowest BCUT2D eigenvalue weighted by molar-refractivity contribution is -0.122. The molecular formula is C31H30N2O2S2. The highest BCUT2D eigenvalue weighted by Crippen LogP contribution is 2.35. The number of para-hydroxylation sites is 1. The average Bonchev–Trinajstić information content (AvgIpc) is 3.41. The molecule has 4 aromatic rings. The van der Waals surface area contributed by atoms with Crippen LogP contribution in [0.4, 0.5) is 0 Å². The molecule has 0 saturated carbocycles. The summed E-state index contributed by atoms with van der Waals surface area (Å²) in [7, 11) is 0. The molecule has 0 spiro atoms. The fraction of sp³-hybridized carbons (Fsp3) is 0.226. The van der Waals surface area contributed by atoms with Crippen LogP contribution in [0.5, 0.6) is 5.75 Å². The zero-order valence-corrected chi connectivity index (χ0v) is 22.7. The zero-order valence-electron chi connectivity index (χ0n) is 21.1. The maximum Gasteiger partial charge on any atom is 0.266 e. The van der Waals surface area contributed by atoms with E-state index in [9.17, 15) is 4.79 Å². The average molecular weight is 527 g/mol. The summed E-state index contributed by atoms with van der Waals surface area (Å²) in [6.45, 7) is 6.19. The summed E-state index contributed by atoms with van der Waals surface area (Å²) in [5, 5.41) is 1.11. The monoisotopic (exact) mass is 526 g/mol. The maximum atomic E-state index is 13.2. The highest BCUT2D eigenvalue weighted by Gasteiger charge is 2.32. The summed E-state index contributed by atoms with van der Waals surface area (Å²) in [6.07, 6.45) is 5.20. The fourth-order valence-electron chi connectivity index (χ4n) is 4.51. The molecule has 0 unspecified atom stereocenters.